The SMILES string of the molecule is O=C(Nc1cccc(OCC(F)(F)F)c1)N1CCCCC1c1ncn[nH]1. The van der Waals surface area contributed by atoms with E-state index in [-0.39, 0.29) is 17.8 Å². The Kier molecular flexibility index (Phi) is 5.29. The van der Waals surface area contributed by atoms with Crippen molar-refractivity contribution in [2.75, 3.05) is 18.5 Å². The number of halogens is 3. The summed E-state index contributed by atoms with van der Waals surface area (Å²) in [6.45, 7) is -0.828. The third-order valence-corrected chi connectivity index (χ3v) is 4.00. The molecule has 1 fully saturated rings. The van der Waals surface area contributed by atoms with Gasteiger partial charge in [0.05, 0.1) is 6.04 Å². The zero-order valence-electron chi connectivity index (χ0n) is 13.8. The summed E-state index contributed by atoms with van der Waals surface area (Å²) in [5.74, 6) is 0.646. The molecular weight excluding hydrogens is 351 g/mol. The van der Waals surface area contributed by atoms with Crippen molar-refractivity contribution in [3.05, 3.63) is 36.4 Å². The second kappa shape index (κ2) is 7.63. The smallest absolute Gasteiger partial charge is 0.422 e. The van der Waals surface area contributed by atoms with Gasteiger partial charge in [0.2, 0.25) is 0 Å². The van der Waals surface area contributed by atoms with Crippen LogP contribution >= 0.6 is 0 Å². The number of rotatable bonds is 4. The molecule has 1 aliphatic rings. The van der Waals surface area contributed by atoms with E-state index >= 15 is 0 Å². The van der Waals surface area contributed by atoms with Crippen molar-refractivity contribution in [3.63, 3.8) is 0 Å². The van der Waals surface area contributed by atoms with Gasteiger partial charge in [0.25, 0.3) is 0 Å². The Bertz CT molecular complexity index is 736. The number of benzene rings is 1. The van der Waals surface area contributed by atoms with Crippen molar-refractivity contribution >= 4 is 11.7 Å². The number of ether oxygens (including phenoxy) is 1. The number of piperidine rings is 1. The topological polar surface area (TPSA) is 83.1 Å². The lowest BCUT2D eigenvalue weighted by molar-refractivity contribution is -0.153. The fraction of sp³-hybridized carbons (Fsp3) is 0.438. The van der Waals surface area contributed by atoms with E-state index in [1.165, 1.54) is 24.5 Å². The number of nitrogens with one attached hydrogen (secondary N) is 2. The molecule has 0 spiro atoms. The van der Waals surface area contributed by atoms with Crippen LogP contribution in [0.4, 0.5) is 23.7 Å². The Hall–Kier alpha value is -2.78. The number of hydrogen-bond donors (Lipinski definition) is 2. The molecule has 7 nitrogen and oxygen atoms in total. The Balaban J connectivity index is 1.67. The van der Waals surface area contributed by atoms with Crippen LogP contribution in [-0.4, -0.2) is 45.4 Å². The van der Waals surface area contributed by atoms with E-state index in [4.69, 9.17) is 4.74 Å². The van der Waals surface area contributed by atoms with Gasteiger partial charge in [-0.25, -0.2) is 9.78 Å². The number of aromatic nitrogens is 3. The van der Waals surface area contributed by atoms with Crippen molar-refractivity contribution in [1.82, 2.24) is 20.1 Å². The van der Waals surface area contributed by atoms with Gasteiger partial charge in [-0.1, -0.05) is 6.07 Å². The maximum atomic E-state index is 12.6. The molecule has 0 saturated carbocycles. The number of carbonyl (C=O) groups excluding carboxylic acids is 1. The van der Waals surface area contributed by atoms with Crippen LogP contribution in [0.2, 0.25) is 0 Å². The monoisotopic (exact) mass is 369 g/mol. The molecule has 1 aromatic heterocycles. The minimum absolute atomic E-state index is 0.0329. The van der Waals surface area contributed by atoms with E-state index in [2.05, 4.69) is 20.5 Å². The molecule has 140 valence electrons. The number of hydrogen-bond acceptors (Lipinski definition) is 4. The van der Waals surface area contributed by atoms with E-state index in [1.807, 2.05) is 0 Å². The highest BCUT2D eigenvalue weighted by Crippen LogP contribution is 2.29. The van der Waals surface area contributed by atoms with Gasteiger partial charge in [-0.2, -0.15) is 18.3 Å². The molecule has 0 radical (unpaired) electrons. The lowest BCUT2D eigenvalue weighted by atomic mass is 10.0. The summed E-state index contributed by atoms with van der Waals surface area (Å²) in [7, 11) is 0. The average molecular weight is 369 g/mol. The van der Waals surface area contributed by atoms with E-state index in [1.54, 1.807) is 11.0 Å². The number of amides is 2. The lowest BCUT2D eigenvalue weighted by Crippen LogP contribution is -2.41. The van der Waals surface area contributed by atoms with Crippen LogP contribution in [0.5, 0.6) is 5.75 Å². The second-order valence-electron chi connectivity index (χ2n) is 5.94. The van der Waals surface area contributed by atoms with Gasteiger partial charge in [0, 0.05) is 18.3 Å². The molecule has 0 aliphatic carbocycles. The number of carbonyl (C=O) groups is 1. The first kappa shape index (κ1) is 18.0. The summed E-state index contributed by atoms with van der Waals surface area (Å²) >= 11 is 0. The number of likely N-dealkylation sites (tertiary alicyclic amines) is 1. The van der Waals surface area contributed by atoms with Crippen molar-refractivity contribution in [2.24, 2.45) is 0 Å². The lowest BCUT2D eigenvalue weighted by Gasteiger charge is -2.34. The fourth-order valence-corrected chi connectivity index (χ4v) is 2.86. The maximum absolute atomic E-state index is 12.6. The van der Waals surface area contributed by atoms with Gasteiger partial charge in [-0.15, -0.1) is 0 Å². The van der Waals surface area contributed by atoms with Gasteiger partial charge in [0.1, 0.15) is 17.9 Å². The summed E-state index contributed by atoms with van der Waals surface area (Å²) in [4.78, 5) is 18.4. The predicted octanol–water partition coefficient (Wildman–Crippen LogP) is 3.50. The van der Waals surface area contributed by atoms with Gasteiger partial charge in [-0.3, -0.25) is 5.10 Å². The highest BCUT2D eigenvalue weighted by Gasteiger charge is 2.30. The van der Waals surface area contributed by atoms with Crippen molar-refractivity contribution in [2.45, 2.75) is 31.5 Å². The number of urea groups is 1. The largest absolute Gasteiger partial charge is 0.484 e. The van der Waals surface area contributed by atoms with Crippen LogP contribution in [0.25, 0.3) is 0 Å². The fourth-order valence-electron chi connectivity index (χ4n) is 2.86. The van der Waals surface area contributed by atoms with Crippen molar-refractivity contribution in [3.8, 4) is 5.75 Å². The molecule has 2 aromatic rings. The molecule has 3 rings (SSSR count). The molecule has 1 unspecified atom stereocenters. The van der Waals surface area contributed by atoms with Crippen LogP contribution in [0.15, 0.2) is 30.6 Å². The molecular formula is C16H18F3N5O2. The zero-order chi connectivity index (χ0) is 18.6. The third kappa shape index (κ3) is 4.64. The highest BCUT2D eigenvalue weighted by atomic mass is 19.4. The highest BCUT2D eigenvalue weighted by molar-refractivity contribution is 5.89. The summed E-state index contributed by atoms with van der Waals surface area (Å²) in [6, 6.07) is 5.31. The molecule has 1 aromatic carbocycles. The number of alkyl halides is 3. The average Bonchev–Trinajstić information content (AvgIpc) is 3.14. The standard InChI is InChI=1S/C16H18F3N5O2/c17-16(18,19)9-26-12-5-3-4-11(8-12)22-15(25)24-7-2-1-6-13(24)14-20-10-21-23-14/h3-5,8,10,13H,1-2,6-7,9H2,(H,22,25)(H,20,21,23). The number of aromatic amines is 1. The molecule has 1 aliphatic heterocycles. The maximum Gasteiger partial charge on any atom is 0.422 e. The van der Waals surface area contributed by atoms with E-state index in [0.29, 0.717) is 18.1 Å². The Morgan fingerprint density at radius 1 is 1.38 bits per heavy atom. The zero-order valence-corrected chi connectivity index (χ0v) is 13.8. The Morgan fingerprint density at radius 2 is 2.23 bits per heavy atom. The Morgan fingerprint density at radius 3 is 2.96 bits per heavy atom. The normalized spacial score (nSPS) is 17.8. The van der Waals surface area contributed by atoms with E-state index in [0.717, 1.165) is 19.3 Å². The van der Waals surface area contributed by atoms with E-state index < -0.39 is 12.8 Å². The Labute approximate surface area is 147 Å². The third-order valence-electron chi connectivity index (χ3n) is 4.00. The van der Waals surface area contributed by atoms with Crippen LogP contribution < -0.4 is 10.1 Å². The number of H-pyrrole nitrogens is 1. The number of nitrogens with zero attached hydrogens (tertiary/aromatic N) is 3. The molecule has 1 saturated heterocycles. The quantitative estimate of drug-likeness (QED) is 0.864. The molecule has 10 heteroatoms. The van der Waals surface area contributed by atoms with Crippen LogP contribution in [0, 0.1) is 0 Å². The molecule has 2 N–H and O–H groups in total. The summed E-state index contributed by atoms with van der Waals surface area (Å²) in [6.07, 6.45) is -0.432. The molecule has 2 heterocycles. The molecule has 0 bridgehead atoms. The molecule has 2 amide bonds. The van der Waals surface area contributed by atoms with Crippen LogP contribution in [-0.2, 0) is 0 Å². The van der Waals surface area contributed by atoms with Gasteiger partial charge < -0.3 is 15.0 Å². The minimum Gasteiger partial charge on any atom is -0.484 e. The first-order chi connectivity index (χ1) is 12.4. The van der Waals surface area contributed by atoms with Gasteiger partial charge in [-0.05, 0) is 31.4 Å². The molecule has 1 atom stereocenters. The summed E-state index contributed by atoms with van der Waals surface area (Å²) in [5.41, 5.74) is 0.358. The van der Waals surface area contributed by atoms with Gasteiger partial charge >= 0.3 is 12.2 Å². The summed E-state index contributed by atoms with van der Waals surface area (Å²) in [5, 5.41) is 9.32. The van der Waals surface area contributed by atoms with Crippen molar-refractivity contribution < 1.29 is 22.7 Å². The first-order valence-corrected chi connectivity index (χ1v) is 8.15. The number of anilines is 1. The second-order valence-corrected chi connectivity index (χ2v) is 5.94. The first-order valence-electron chi connectivity index (χ1n) is 8.15. The minimum atomic E-state index is -4.42. The van der Waals surface area contributed by atoms with Crippen LogP contribution in [0.1, 0.15) is 31.1 Å². The van der Waals surface area contributed by atoms with E-state index in [9.17, 15) is 18.0 Å². The van der Waals surface area contributed by atoms with Crippen molar-refractivity contribution in [1.29, 1.82) is 0 Å². The van der Waals surface area contributed by atoms with Crippen LogP contribution in [0.3, 0.4) is 0 Å². The summed E-state index contributed by atoms with van der Waals surface area (Å²) < 4.78 is 41.5. The van der Waals surface area contributed by atoms with Gasteiger partial charge in [0.15, 0.2) is 6.61 Å². The molecule has 26 heavy (non-hydrogen) atoms. The predicted molar refractivity (Wildman–Crippen MR) is 86.7 cm³/mol.